The van der Waals surface area contributed by atoms with Crippen LogP contribution in [0.3, 0.4) is 0 Å². The quantitative estimate of drug-likeness (QED) is 0.616. The number of aromatic carboxylic acids is 1. The third kappa shape index (κ3) is 0.985. The van der Waals surface area contributed by atoms with Crippen molar-refractivity contribution in [1.29, 1.82) is 0 Å². The minimum atomic E-state index is -1.01. The molecule has 0 amide bonds. The Morgan fingerprint density at radius 1 is 1.20 bits per heavy atom. The van der Waals surface area contributed by atoms with Gasteiger partial charge in [-0.3, -0.25) is 9.15 Å². The fourth-order valence-corrected chi connectivity index (χ4v) is 1.71. The SMILES string of the molecule is O=C(O)c1c2ccccc2cc2ooc12. The number of carbonyl (C=O) groups is 1. The van der Waals surface area contributed by atoms with Crippen LogP contribution in [-0.2, 0) is 0 Å². The van der Waals surface area contributed by atoms with Gasteiger partial charge in [0, 0.05) is 5.39 Å². The lowest BCUT2D eigenvalue weighted by Gasteiger charge is -2.06. The molecule has 15 heavy (non-hydrogen) atoms. The molecule has 0 aliphatic carbocycles. The summed E-state index contributed by atoms with van der Waals surface area (Å²) in [6.45, 7) is 0. The Morgan fingerprint density at radius 2 is 2.00 bits per heavy atom. The van der Waals surface area contributed by atoms with Gasteiger partial charge in [0.05, 0.1) is 0 Å². The zero-order valence-corrected chi connectivity index (χ0v) is 7.56. The Morgan fingerprint density at radius 3 is 2.67 bits per heavy atom. The molecular weight excluding hydrogens is 196 g/mol. The van der Waals surface area contributed by atoms with Gasteiger partial charge in [0.25, 0.3) is 0 Å². The van der Waals surface area contributed by atoms with E-state index in [4.69, 9.17) is 14.3 Å². The molecule has 1 aromatic heterocycles. The van der Waals surface area contributed by atoms with Gasteiger partial charge in [0.2, 0.25) is 11.2 Å². The predicted molar refractivity (Wildman–Crippen MR) is 52.9 cm³/mol. The molecule has 0 saturated carbocycles. The van der Waals surface area contributed by atoms with E-state index in [0.717, 1.165) is 5.39 Å². The molecule has 4 nitrogen and oxygen atoms in total. The second kappa shape index (κ2) is 2.63. The van der Waals surface area contributed by atoms with Crippen molar-refractivity contribution in [3.8, 4) is 0 Å². The van der Waals surface area contributed by atoms with Crippen molar-refractivity contribution < 1.29 is 19.1 Å². The van der Waals surface area contributed by atoms with Crippen molar-refractivity contribution in [1.82, 2.24) is 0 Å². The van der Waals surface area contributed by atoms with Gasteiger partial charge in [0.15, 0.2) is 0 Å². The van der Waals surface area contributed by atoms with Crippen LogP contribution in [0, 0.1) is 0 Å². The zero-order valence-electron chi connectivity index (χ0n) is 7.56. The van der Waals surface area contributed by atoms with E-state index < -0.39 is 5.97 Å². The highest BCUT2D eigenvalue weighted by atomic mass is 17.0. The van der Waals surface area contributed by atoms with Crippen LogP contribution in [0.25, 0.3) is 21.9 Å². The monoisotopic (exact) mass is 202 g/mol. The van der Waals surface area contributed by atoms with Gasteiger partial charge in [-0.1, -0.05) is 24.3 Å². The maximum atomic E-state index is 11.1. The second-order valence-electron chi connectivity index (χ2n) is 3.27. The molecule has 0 aliphatic heterocycles. The van der Waals surface area contributed by atoms with E-state index in [1.54, 1.807) is 18.2 Å². The zero-order chi connectivity index (χ0) is 10.4. The lowest BCUT2D eigenvalue weighted by atomic mass is 10.0. The van der Waals surface area contributed by atoms with Crippen LogP contribution in [0.2, 0.25) is 0 Å². The van der Waals surface area contributed by atoms with Crippen LogP contribution in [0.1, 0.15) is 10.4 Å². The predicted octanol–water partition coefficient (Wildman–Crippen LogP) is 2.88. The van der Waals surface area contributed by atoms with Crippen molar-refractivity contribution in [3.05, 3.63) is 35.9 Å². The molecule has 0 unspecified atom stereocenters. The fraction of sp³-hybridized carbons (Fsp3) is 0. The summed E-state index contributed by atoms with van der Waals surface area (Å²) in [5.41, 5.74) is 0.946. The largest absolute Gasteiger partial charge is 0.478 e. The van der Waals surface area contributed by atoms with Crippen molar-refractivity contribution >= 4 is 27.9 Å². The summed E-state index contributed by atoms with van der Waals surface area (Å²) in [4.78, 5) is 11.1. The maximum Gasteiger partial charge on any atom is 0.340 e. The van der Waals surface area contributed by atoms with Crippen LogP contribution in [0.5, 0.6) is 0 Å². The first-order valence-corrected chi connectivity index (χ1v) is 4.41. The van der Waals surface area contributed by atoms with Gasteiger partial charge in [-0.05, 0) is 11.5 Å². The number of hydrogen-bond donors (Lipinski definition) is 1. The van der Waals surface area contributed by atoms with Crippen molar-refractivity contribution in [2.45, 2.75) is 0 Å². The van der Waals surface area contributed by atoms with E-state index in [-0.39, 0.29) is 5.56 Å². The average molecular weight is 202 g/mol. The minimum absolute atomic E-state index is 0.161. The molecule has 0 fully saturated rings. The molecule has 74 valence electrons. The van der Waals surface area contributed by atoms with Crippen LogP contribution in [-0.4, -0.2) is 11.1 Å². The average Bonchev–Trinajstić information content (AvgIpc) is 2.20. The number of fused-ring (bicyclic) bond motifs is 2. The number of carboxylic acid groups (broad SMARTS) is 1. The molecule has 0 atom stereocenters. The molecule has 0 radical (unpaired) electrons. The van der Waals surface area contributed by atoms with Crippen LogP contribution >= 0.6 is 0 Å². The summed E-state index contributed by atoms with van der Waals surface area (Å²) in [6.07, 6.45) is 0. The van der Waals surface area contributed by atoms with Gasteiger partial charge in [0.1, 0.15) is 5.56 Å². The Bertz CT molecular complexity index is 659. The van der Waals surface area contributed by atoms with Gasteiger partial charge >= 0.3 is 5.97 Å². The van der Waals surface area contributed by atoms with E-state index in [2.05, 4.69) is 0 Å². The maximum absolute atomic E-state index is 11.1. The van der Waals surface area contributed by atoms with Gasteiger partial charge < -0.3 is 5.11 Å². The molecule has 0 spiro atoms. The first kappa shape index (κ1) is 8.11. The first-order valence-electron chi connectivity index (χ1n) is 4.41. The van der Waals surface area contributed by atoms with E-state index in [9.17, 15) is 4.79 Å². The third-order valence-electron chi connectivity index (χ3n) is 2.40. The second-order valence-corrected chi connectivity index (χ2v) is 3.27. The van der Waals surface area contributed by atoms with Crippen molar-refractivity contribution in [3.63, 3.8) is 0 Å². The van der Waals surface area contributed by atoms with Crippen LogP contribution in [0.15, 0.2) is 39.5 Å². The standard InChI is InChI=1S/C11H6O4/c12-11(13)9-7-4-2-1-3-6(7)5-8-10(9)15-14-8/h1-5H,(H,12,13). The van der Waals surface area contributed by atoms with Crippen LogP contribution in [0.4, 0.5) is 0 Å². The smallest absolute Gasteiger partial charge is 0.340 e. The number of carboxylic acids is 1. The summed E-state index contributed by atoms with van der Waals surface area (Å²) in [7, 11) is 0. The Kier molecular flexibility index (Phi) is 1.42. The van der Waals surface area contributed by atoms with E-state index in [1.807, 2.05) is 12.1 Å². The Hall–Kier alpha value is -2.23. The van der Waals surface area contributed by atoms with E-state index in [0.29, 0.717) is 16.6 Å². The summed E-state index contributed by atoms with van der Waals surface area (Å²) in [5.74, 6) is -1.01. The topological polar surface area (TPSA) is 63.6 Å². The van der Waals surface area contributed by atoms with Gasteiger partial charge in [-0.2, -0.15) is 0 Å². The Labute approximate surface area is 83.6 Å². The summed E-state index contributed by atoms with van der Waals surface area (Å²) >= 11 is 0. The van der Waals surface area contributed by atoms with Crippen molar-refractivity contribution in [2.75, 3.05) is 0 Å². The molecule has 3 rings (SSSR count). The third-order valence-corrected chi connectivity index (χ3v) is 2.40. The minimum Gasteiger partial charge on any atom is -0.478 e. The number of benzene rings is 2. The van der Waals surface area contributed by atoms with E-state index >= 15 is 0 Å². The summed E-state index contributed by atoms with van der Waals surface area (Å²) in [6, 6.07) is 8.99. The number of rotatable bonds is 1. The molecule has 1 heterocycles. The lowest BCUT2D eigenvalue weighted by molar-refractivity contribution is 0.0543. The molecule has 0 aliphatic rings. The normalized spacial score (nSPS) is 11.2. The highest BCUT2D eigenvalue weighted by molar-refractivity contribution is 6.13. The van der Waals surface area contributed by atoms with E-state index in [1.165, 1.54) is 0 Å². The van der Waals surface area contributed by atoms with Gasteiger partial charge in [-0.15, -0.1) is 0 Å². The molecular formula is C11H6O4. The van der Waals surface area contributed by atoms with Crippen molar-refractivity contribution in [2.24, 2.45) is 0 Å². The molecule has 2 aromatic carbocycles. The highest BCUT2D eigenvalue weighted by Crippen LogP contribution is 2.30. The summed E-state index contributed by atoms with van der Waals surface area (Å²) < 4.78 is 9.41. The van der Waals surface area contributed by atoms with Crippen LogP contribution < -0.4 is 0 Å². The Balaban J connectivity index is 2.56. The number of hydrogen-bond acceptors (Lipinski definition) is 3. The molecule has 1 N–H and O–H groups in total. The fourth-order valence-electron chi connectivity index (χ4n) is 1.71. The molecule has 4 heteroatoms. The molecule has 0 saturated heterocycles. The summed E-state index contributed by atoms with van der Waals surface area (Å²) in [5, 5.41) is 10.6. The highest BCUT2D eigenvalue weighted by Gasteiger charge is 2.20. The molecule has 3 aromatic rings. The molecule has 0 bridgehead atoms. The lowest BCUT2D eigenvalue weighted by Crippen LogP contribution is -2.00. The van der Waals surface area contributed by atoms with Gasteiger partial charge in [-0.25, -0.2) is 4.79 Å². The first-order chi connectivity index (χ1) is 7.27.